The van der Waals surface area contributed by atoms with E-state index in [1.165, 1.54) is 38.5 Å². The largest absolute Gasteiger partial charge is 0.376 e. The summed E-state index contributed by atoms with van der Waals surface area (Å²) < 4.78 is 5.85. The Morgan fingerprint density at radius 3 is 2.43 bits per heavy atom. The molecule has 1 saturated carbocycles. The third kappa shape index (κ3) is 7.31. The van der Waals surface area contributed by atoms with Crippen LogP contribution in [0.3, 0.4) is 0 Å². The predicted molar refractivity (Wildman–Crippen MR) is 126 cm³/mol. The summed E-state index contributed by atoms with van der Waals surface area (Å²) in [5.74, 6) is 2.40. The molecule has 2 rings (SSSR count). The summed E-state index contributed by atoms with van der Waals surface area (Å²) in [7, 11) is -1.44. The van der Waals surface area contributed by atoms with Crippen LogP contribution in [0.5, 0.6) is 0 Å². The highest BCUT2D eigenvalue weighted by molar-refractivity contribution is 6.76. The quantitative estimate of drug-likeness (QED) is 0.218. The van der Waals surface area contributed by atoms with Gasteiger partial charge < -0.3 is 9.72 Å². The zero-order valence-corrected chi connectivity index (χ0v) is 20.2. The van der Waals surface area contributed by atoms with Gasteiger partial charge in [-0.3, -0.25) is 0 Å². The van der Waals surface area contributed by atoms with Crippen molar-refractivity contribution in [3.8, 4) is 0 Å². The van der Waals surface area contributed by atoms with Gasteiger partial charge in [0.05, 0.1) is 5.60 Å². The smallest absolute Gasteiger partial charge is 0.123 e. The third-order valence-electron chi connectivity index (χ3n) is 6.65. The molecule has 160 valence electrons. The molecule has 0 amide bonds. The predicted octanol–water partition coefficient (Wildman–Crippen LogP) is 6.87. The van der Waals surface area contributed by atoms with Gasteiger partial charge in [-0.1, -0.05) is 62.7 Å². The third-order valence-corrected chi connectivity index (χ3v) is 10.3. The van der Waals surface area contributed by atoms with Crippen LogP contribution in [0, 0.1) is 17.8 Å². The Morgan fingerprint density at radius 2 is 1.75 bits per heavy atom. The molecular weight excluding hydrogens is 358 g/mol. The van der Waals surface area contributed by atoms with Crippen LogP contribution in [0.25, 0.3) is 0 Å². The van der Waals surface area contributed by atoms with E-state index in [-0.39, 0.29) is 5.60 Å². The van der Waals surface area contributed by atoms with E-state index in [2.05, 4.69) is 69.7 Å². The Balaban J connectivity index is 1.79. The molecule has 0 aromatic heterocycles. The number of hydrogen-bond donors (Lipinski definition) is 1. The van der Waals surface area contributed by atoms with Gasteiger partial charge in [0, 0.05) is 6.61 Å². The van der Waals surface area contributed by atoms with Crippen molar-refractivity contribution in [2.75, 3.05) is 13.2 Å². The maximum atomic E-state index is 5.85. The first-order valence-electron chi connectivity index (χ1n) is 11.6. The molecule has 3 heteroatoms. The first-order valence-corrected chi connectivity index (χ1v) is 14.7. The minimum absolute atomic E-state index is 0.00507. The molecule has 0 saturated heterocycles. The number of allylic oxidation sites excluding steroid dienone is 4. The van der Waals surface area contributed by atoms with Gasteiger partial charge in [0.1, 0.15) is 8.24 Å². The molecule has 2 aliphatic rings. The number of rotatable bonds is 12. The first kappa shape index (κ1) is 23.6. The highest BCUT2D eigenvalue weighted by Crippen LogP contribution is 2.53. The van der Waals surface area contributed by atoms with Crippen LogP contribution >= 0.6 is 0 Å². The number of fused-ring (bicyclic) bond motifs is 1. The Bertz CT molecular complexity index is 531. The van der Waals surface area contributed by atoms with Gasteiger partial charge in [0.2, 0.25) is 0 Å². The molecule has 2 aliphatic carbocycles. The molecule has 28 heavy (non-hydrogen) atoms. The molecule has 1 fully saturated rings. The van der Waals surface area contributed by atoms with Crippen molar-refractivity contribution in [1.29, 1.82) is 0 Å². The lowest BCUT2D eigenvalue weighted by molar-refractivity contribution is -0.00477. The first-order chi connectivity index (χ1) is 13.2. The molecule has 4 atom stereocenters. The Hall–Kier alpha value is -0.643. The van der Waals surface area contributed by atoms with E-state index in [1.54, 1.807) is 0 Å². The van der Waals surface area contributed by atoms with E-state index in [0.29, 0.717) is 0 Å². The minimum Gasteiger partial charge on any atom is -0.376 e. The summed E-state index contributed by atoms with van der Waals surface area (Å²) in [6, 6.07) is 0. The molecule has 0 aromatic carbocycles. The van der Waals surface area contributed by atoms with E-state index >= 15 is 0 Å². The Kier molecular flexibility index (Phi) is 9.23. The lowest BCUT2D eigenvalue weighted by Gasteiger charge is -2.35. The van der Waals surface area contributed by atoms with E-state index in [0.717, 1.165) is 42.9 Å². The second kappa shape index (κ2) is 10.9. The van der Waals surface area contributed by atoms with Gasteiger partial charge in [0.15, 0.2) is 0 Å². The molecule has 0 bridgehead atoms. The average Bonchev–Trinajstić information content (AvgIpc) is 3.00. The molecular formula is C25H45NOSi. The fraction of sp³-hybridized carbons (Fsp3) is 0.760. The summed E-state index contributed by atoms with van der Waals surface area (Å²) in [6.07, 6.45) is 20.8. The van der Waals surface area contributed by atoms with Crippen LogP contribution in [0.4, 0.5) is 0 Å². The van der Waals surface area contributed by atoms with Crippen LogP contribution in [0.2, 0.25) is 18.6 Å². The molecule has 0 heterocycles. The number of nitrogens with one attached hydrogen (secondary N) is 1. The Labute approximate surface area is 176 Å². The van der Waals surface area contributed by atoms with Crippen molar-refractivity contribution < 1.29 is 4.74 Å². The van der Waals surface area contributed by atoms with E-state index < -0.39 is 8.24 Å². The van der Waals surface area contributed by atoms with Gasteiger partial charge in [-0.25, -0.2) is 0 Å². The van der Waals surface area contributed by atoms with Gasteiger partial charge in [-0.2, -0.15) is 0 Å². The van der Waals surface area contributed by atoms with Crippen LogP contribution in [-0.2, 0) is 4.74 Å². The second-order valence-corrected chi connectivity index (χ2v) is 15.0. The van der Waals surface area contributed by atoms with Crippen LogP contribution in [-0.4, -0.2) is 27.0 Å². The van der Waals surface area contributed by atoms with E-state index in [4.69, 9.17) is 4.74 Å². The maximum Gasteiger partial charge on any atom is 0.123 e. The monoisotopic (exact) mass is 403 g/mol. The fourth-order valence-corrected chi connectivity index (χ4v) is 8.35. The van der Waals surface area contributed by atoms with Crippen molar-refractivity contribution in [2.24, 2.45) is 17.8 Å². The summed E-state index contributed by atoms with van der Waals surface area (Å²) in [6.45, 7) is 17.4. The van der Waals surface area contributed by atoms with Crippen molar-refractivity contribution in [3.05, 3.63) is 37.0 Å². The zero-order chi connectivity index (χ0) is 20.6. The highest BCUT2D eigenvalue weighted by Gasteiger charge is 2.47. The van der Waals surface area contributed by atoms with Crippen molar-refractivity contribution in [1.82, 2.24) is 4.98 Å². The van der Waals surface area contributed by atoms with Gasteiger partial charge in [0.25, 0.3) is 0 Å². The van der Waals surface area contributed by atoms with Crippen molar-refractivity contribution in [3.63, 3.8) is 0 Å². The standard InChI is InChI=1S/C25H45NOSi/c1-7-8-18-26-28(5,6)24-20-21(22-16-12-13-17-23(22)24)15-11-9-10-14-19-27-25(2,3)4/h7,12-13,16-17,21-24,26H,1,8-11,14-15,18-20H2,2-6H3. The lowest BCUT2D eigenvalue weighted by Crippen LogP contribution is -2.50. The van der Waals surface area contributed by atoms with Gasteiger partial charge in [-0.05, 0) is 76.3 Å². The van der Waals surface area contributed by atoms with Crippen molar-refractivity contribution in [2.45, 2.75) is 90.0 Å². The fourth-order valence-electron chi connectivity index (χ4n) is 5.11. The summed E-state index contributed by atoms with van der Waals surface area (Å²) in [4.78, 5) is 3.95. The molecule has 4 unspecified atom stereocenters. The lowest BCUT2D eigenvalue weighted by atomic mass is 9.84. The number of ether oxygens (including phenoxy) is 1. The molecule has 0 radical (unpaired) electrons. The zero-order valence-electron chi connectivity index (χ0n) is 19.2. The Morgan fingerprint density at radius 1 is 1.07 bits per heavy atom. The normalized spacial score (nSPS) is 27.2. The molecule has 0 aliphatic heterocycles. The SMILES string of the molecule is C=CCCN[Si](C)(C)C1CC(CCCCCCOC(C)(C)C)C2C=CC=CC21. The summed E-state index contributed by atoms with van der Waals surface area (Å²) in [5, 5.41) is 0. The average molecular weight is 404 g/mol. The van der Waals surface area contributed by atoms with Crippen LogP contribution < -0.4 is 4.98 Å². The topological polar surface area (TPSA) is 21.3 Å². The molecule has 0 aromatic rings. The summed E-state index contributed by atoms with van der Waals surface area (Å²) >= 11 is 0. The number of unbranched alkanes of at least 4 members (excludes halogenated alkanes) is 3. The maximum absolute atomic E-state index is 5.85. The molecule has 0 spiro atoms. The highest BCUT2D eigenvalue weighted by atomic mass is 28.3. The minimum atomic E-state index is -1.44. The summed E-state index contributed by atoms with van der Waals surface area (Å²) in [5.41, 5.74) is 0.860. The number of hydrogen-bond acceptors (Lipinski definition) is 2. The second-order valence-electron chi connectivity index (χ2n) is 10.4. The van der Waals surface area contributed by atoms with Gasteiger partial charge >= 0.3 is 0 Å². The van der Waals surface area contributed by atoms with Crippen LogP contribution in [0.15, 0.2) is 37.0 Å². The van der Waals surface area contributed by atoms with E-state index in [9.17, 15) is 0 Å². The molecule has 1 N–H and O–H groups in total. The molecule has 2 nitrogen and oxygen atoms in total. The van der Waals surface area contributed by atoms with E-state index in [1.807, 2.05) is 6.08 Å². The van der Waals surface area contributed by atoms with Gasteiger partial charge in [-0.15, -0.1) is 6.58 Å². The van der Waals surface area contributed by atoms with Crippen molar-refractivity contribution >= 4 is 8.24 Å². The van der Waals surface area contributed by atoms with Crippen LogP contribution in [0.1, 0.15) is 65.7 Å².